The molecular weight excluding hydrogens is 150 g/mol. The predicted molar refractivity (Wildman–Crippen MR) is 49.7 cm³/mol. The van der Waals surface area contributed by atoms with E-state index in [2.05, 4.69) is 17.1 Å². The van der Waals surface area contributed by atoms with Gasteiger partial charge in [0.15, 0.2) is 0 Å². The van der Waals surface area contributed by atoms with Crippen LogP contribution in [0, 0.1) is 5.92 Å². The van der Waals surface area contributed by atoms with Gasteiger partial charge < -0.3 is 11.1 Å². The number of nitrogens with two attached hydrogens (primary N) is 1. The van der Waals surface area contributed by atoms with Crippen molar-refractivity contribution in [3.8, 4) is 0 Å². The highest BCUT2D eigenvalue weighted by atomic mass is 15.3. The maximum absolute atomic E-state index is 6.03. The molecule has 70 valence electrons. The Bertz CT molecular complexity index is 160. The lowest BCUT2D eigenvalue weighted by Crippen LogP contribution is -2.46. The third-order valence-electron chi connectivity index (χ3n) is 3.33. The first-order valence-corrected chi connectivity index (χ1v) is 5.05. The molecule has 2 saturated heterocycles. The Labute approximate surface area is 74.3 Å². The molecule has 3 nitrogen and oxygen atoms in total. The van der Waals surface area contributed by atoms with Crippen LogP contribution in [0.1, 0.15) is 19.8 Å². The van der Waals surface area contributed by atoms with Crippen molar-refractivity contribution in [3.05, 3.63) is 0 Å². The lowest BCUT2D eigenvalue weighted by atomic mass is 10.1. The molecule has 3 atom stereocenters. The highest BCUT2D eigenvalue weighted by Gasteiger charge is 2.38. The van der Waals surface area contributed by atoms with Gasteiger partial charge in [0.25, 0.3) is 0 Å². The predicted octanol–water partition coefficient (Wildman–Crippen LogP) is -0.0251. The molecule has 0 aliphatic carbocycles. The Morgan fingerprint density at radius 3 is 3.17 bits per heavy atom. The van der Waals surface area contributed by atoms with E-state index in [1.54, 1.807) is 0 Å². The SMILES string of the molecule is CCC(N)N1CCC2CNCC21. The monoisotopic (exact) mass is 169 g/mol. The van der Waals surface area contributed by atoms with Crippen LogP contribution in [0.2, 0.25) is 0 Å². The summed E-state index contributed by atoms with van der Waals surface area (Å²) in [4.78, 5) is 2.48. The van der Waals surface area contributed by atoms with E-state index in [0.29, 0.717) is 6.17 Å². The van der Waals surface area contributed by atoms with Gasteiger partial charge in [0, 0.05) is 19.1 Å². The second-order valence-electron chi connectivity index (χ2n) is 3.99. The summed E-state index contributed by atoms with van der Waals surface area (Å²) in [5.74, 6) is 0.877. The Morgan fingerprint density at radius 2 is 2.42 bits per heavy atom. The Hall–Kier alpha value is -0.120. The van der Waals surface area contributed by atoms with Crippen molar-refractivity contribution in [3.63, 3.8) is 0 Å². The van der Waals surface area contributed by atoms with Gasteiger partial charge in [-0.15, -0.1) is 0 Å². The molecule has 0 spiro atoms. The Kier molecular flexibility index (Phi) is 2.35. The van der Waals surface area contributed by atoms with Crippen LogP contribution >= 0.6 is 0 Å². The van der Waals surface area contributed by atoms with Crippen LogP contribution in [0.3, 0.4) is 0 Å². The molecule has 0 radical (unpaired) electrons. The maximum atomic E-state index is 6.03. The van der Waals surface area contributed by atoms with E-state index >= 15 is 0 Å². The van der Waals surface area contributed by atoms with E-state index in [-0.39, 0.29) is 0 Å². The van der Waals surface area contributed by atoms with E-state index in [9.17, 15) is 0 Å². The summed E-state index contributed by atoms with van der Waals surface area (Å²) >= 11 is 0. The molecule has 2 aliphatic rings. The molecule has 2 fully saturated rings. The topological polar surface area (TPSA) is 41.3 Å². The molecule has 0 aromatic carbocycles. The average Bonchev–Trinajstić information content (AvgIpc) is 2.62. The van der Waals surface area contributed by atoms with Crippen LogP contribution in [0.5, 0.6) is 0 Å². The number of likely N-dealkylation sites (tertiary alicyclic amines) is 1. The Balaban J connectivity index is 1.99. The molecule has 2 aliphatic heterocycles. The first-order valence-electron chi connectivity index (χ1n) is 5.05. The zero-order valence-corrected chi connectivity index (χ0v) is 7.79. The van der Waals surface area contributed by atoms with Crippen LogP contribution < -0.4 is 11.1 Å². The maximum Gasteiger partial charge on any atom is 0.0572 e. The molecule has 12 heavy (non-hydrogen) atoms. The third kappa shape index (κ3) is 1.26. The summed E-state index contributed by atoms with van der Waals surface area (Å²) < 4.78 is 0. The van der Waals surface area contributed by atoms with E-state index in [0.717, 1.165) is 24.9 Å². The van der Waals surface area contributed by atoms with Gasteiger partial charge in [-0.3, -0.25) is 4.90 Å². The molecular formula is C9H19N3. The van der Waals surface area contributed by atoms with Gasteiger partial charge in [-0.25, -0.2) is 0 Å². The number of nitrogens with zero attached hydrogens (tertiary/aromatic N) is 1. The molecule has 0 saturated carbocycles. The molecule has 2 heterocycles. The van der Waals surface area contributed by atoms with Crippen molar-refractivity contribution < 1.29 is 0 Å². The van der Waals surface area contributed by atoms with Gasteiger partial charge in [-0.2, -0.15) is 0 Å². The molecule has 0 bridgehead atoms. The second kappa shape index (κ2) is 3.32. The summed E-state index contributed by atoms with van der Waals surface area (Å²) in [6.07, 6.45) is 2.70. The van der Waals surface area contributed by atoms with E-state index < -0.39 is 0 Å². The molecule has 0 aromatic rings. The lowest BCUT2D eigenvalue weighted by Gasteiger charge is -2.28. The van der Waals surface area contributed by atoms with E-state index in [1.165, 1.54) is 19.5 Å². The number of nitrogens with one attached hydrogen (secondary N) is 1. The average molecular weight is 169 g/mol. The largest absolute Gasteiger partial charge is 0.316 e. The normalized spacial score (nSPS) is 38.5. The molecule has 0 amide bonds. The zero-order chi connectivity index (χ0) is 8.55. The van der Waals surface area contributed by atoms with Crippen molar-refractivity contribution in [2.45, 2.75) is 32.0 Å². The summed E-state index contributed by atoms with van der Waals surface area (Å²) in [5, 5.41) is 3.44. The quantitative estimate of drug-likeness (QED) is 0.610. The fourth-order valence-electron chi connectivity index (χ4n) is 2.53. The van der Waals surface area contributed by atoms with Crippen molar-refractivity contribution in [1.29, 1.82) is 0 Å². The molecule has 2 rings (SSSR count). The molecule has 3 N–H and O–H groups in total. The molecule has 3 heteroatoms. The number of fused-ring (bicyclic) bond motifs is 1. The minimum absolute atomic E-state index is 0.292. The van der Waals surface area contributed by atoms with Gasteiger partial charge in [0.1, 0.15) is 0 Å². The van der Waals surface area contributed by atoms with Gasteiger partial charge in [-0.1, -0.05) is 6.92 Å². The smallest absolute Gasteiger partial charge is 0.0572 e. The third-order valence-corrected chi connectivity index (χ3v) is 3.33. The number of rotatable bonds is 2. The van der Waals surface area contributed by atoms with Crippen LogP contribution in [0.15, 0.2) is 0 Å². The lowest BCUT2D eigenvalue weighted by molar-refractivity contribution is 0.178. The summed E-state index contributed by atoms with van der Waals surface area (Å²) in [6.45, 7) is 5.74. The van der Waals surface area contributed by atoms with Crippen LogP contribution in [-0.4, -0.2) is 36.7 Å². The first kappa shape index (κ1) is 8.48. The summed E-state index contributed by atoms with van der Waals surface area (Å²) in [6, 6.07) is 0.736. The summed E-state index contributed by atoms with van der Waals surface area (Å²) in [5.41, 5.74) is 6.03. The van der Waals surface area contributed by atoms with Crippen molar-refractivity contribution in [2.24, 2.45) is 11.7 Å². The number of hydrogen-bond acceptors (Lipinski definition) is 3. The van der Waals surface area contributed by atoms with Gasteiger partial charge in [-0.05, 0) is 25.3 Å². The molecule has 3 unspecified atom stereocenters. The van der Waals surface area contributed by atoms with Crippen LogP contribution in [-0.2, 0) is 0 Å². The summed E-state index contributed by atoms with van der Waals surface area (Å²) in [7, 11) is 0. The zero-order valence-electron chi connectivity index (χ0n) is 7.79. The van der Waals surface area contributed by atoms with Crippen molar-refractivity contribution >= 4 is 0 Å². The van der Waals surface area contributed by atoms with Gasteiger partial charge >= 0.3 is 0 Å². The highest BCUT2D eigenvalue weighted by Crippen LogP contribution is 2.28. The van der Waals surface area contributed by atoms with Crippen molar-refractivity contribution in [2.75, 3.05) is 19.6 Å². The van der Waals surface area contributed by atoms with Crippen LogP contribution in [0.4, 0.5) is 0 Å². The Morgan fingerprint density at radius 1 is 1.58 bits per heavy atom. The molecule has 0 aromatic heterocycles. The number of hydrogen-bond donors (Lipinski definition) is 2. The van der Waals surface area contributed by atoms with E-state index in [4.69, 9.17) is 5.73 Å². The second-order valence-corrected chi connectivity index (χ2v) is 3.99. The fraction of sp³-hybridized carbons (Fsp3) is 1.00. The van der Waals surface area contributed by atoms with Gasteiger partial charge in [0.05, 0.1) is 6.17 Å². The standard InChI is InChI=1S/C9H19N3/c1-2-9(10)12-4-3-7-5-11-6-8(7)12/h7-9,11H,2-6,10H2,1H3. The highest BCUT2D eigenvalue weighted by molar-refractivity contribution is 4.95. The minimum Gasteiger partial charge on any atom is -0.316 e. The van der Waals surface area contributed by atoms with Crippen molar-refractivity contribution in [1.82, 2.24) is 10.2 Å². The first-order chi connectivity index (χ1) is 5.83. The van der Waals surface area contributed by atoms with Crippen LogP contribution in [0.25, 0.3) is 0 Å². The minimum atomic E-state index is 0.292. The van der Waals surface area contributed by atoms with E-state index in [1.807, 2.05) is 0 Å². The van der Waals surface area contributed by atoms with Gasteiger partial charge in [0.2, 0.25) is 0 Å². The fourth-order valence-corrected chi connectivity index (χ4v) is 2.53.